The fourth-order valence-corrected chi connectivity index (χ4v) is 1.55. The third kappa shape index (κ3) is 3.16. The zero-order valence-corrected chi connectivity index (χ0v) is 10.8. The molecule has 0 unspecified atom stereocenters. The molecule has 0 aliphatic carbocycles. The number of halogens is 4. The molecule has 0 radical (unpaired) electrons. The number of hydrogen-bond donors (Lipinski definition) is 0. The Kier molecular flexibility index (Phi) is 4.27. The Bertz CT molecular complexity index is 467. The van der Waals surface area contributed by atoms with Crippen LogP contribution in [0, 0.1) is 6.92 Å². The summed E-state index contributed by atoms with van der Waals surface area (Å²) in [5.74, 6) is -2.17. The molecule has 100 valence electrons. The normalized spacial score (nSPS) is 11.8. The van der Waals surface area contributed by atoms with Crippen molar-refractivity contribution in [2.75, 3.05) is 0 Å². The molecule has 1 aromatic rings. The topological polar surface area (TPSA) is 26.3 Å². The molecule has 0 fully saturated rings. The molecule has 18 heavy (non-hydrogen) atoms. The van der Waals surface area contributed by atoms with Gasteiger partial charge in [0.15, 0.2) is 0 Å². The summed E-state index contributed by atoms with van der Waals surface area (Å²) in [4.78, 5) is 11.3. The lowest BCUT2D eigenvalue weighted by atomic mass is 10.1. The highest BCUT2D eigenvalue weighted by molar-refractivity contribution is 6.33. The van der Waals surface area contributed by atoms with Gasteiger partial charge in [-0.15, -0.1) is 0 Å². The van der Waals surface area contributed by atoms with Crippen molar-refractivity contribution in [2.24, 2.45) is 0 Å². The quantitative estimate of drug-likeness (QED) is 0.776. The summed E-state index contributed by atoms with van der Waals surface area (Å²) in [6, 6.07) is 2.43. The standard InChI is InChI=1S/C12H12ClF3O2/c1-6(2)18-10-8(11(17)12(14,15)16)5-4-7(3)9(10)13/h4-6H,1-3H3. The molecule has 0 spiro atoms. The Balaban J connectivity index is 3.36. The van der Waals surface area contributed by atoms with E-state index in [0.29, 0.717) is 5.56 Å². The van der Waals surface area contributed by atoms with E-state index in [0.717, 1.165) is 6.07 Å². The van der Waals surface area contributed by atoms with E-state index in [-0.39, 0.29) is 16.9 Å². The number of alkyl halides is 3. The number of Topliss-reactive ketones (excluding diaryl/α,β-unsaturated/α-hetero) is 1. The molecule has 1 aromatic carbocycles. The average Bonchev–Trinajstić information content (AvgIpc) is 2.22. The van der Waals surface area contributed by atoms with Crippen LogP contribution in [-0.4, -0.2) is 18.1 Å². The summed E-state index contributed by atoms with van der Waals surface area (Å²) < 4.78 is 42.5. The molecule has 6 heteroatoms. The Morgan fingerprint density at radius 2 is 1.89 bits per heavy atom. The Hall–Kier alpha value is -1.23. The van der Waals surface area contributed by atoms with E-state index < -0.39 is 17.5 Å². The van der Waals surface area contributed by atoms with Crippen molar-refractivity contribution < 1.29 is 22.7 Å². The van der Waals surface area contributed by atoms with E-state index in [9.17, 15) is 18.0 Å². The molecule has 0 amide bonds. The van der Waals surface area contributed by atoms with Crippen molar-refractivity contribution in [3.63, 3.8) is 0 Å². The van der Waals surface area contributed by atoms with Gasteiger partial charge in [-0.3, -0.25) is 4.79 Å². The summed E-state index contributed by atoms with van der Waals surface area (Å²) >= 11 is 5.89. The highest BCUT2D eigenvalue weighted by Crippen LogP contribution is 2.36. The van der Waals surface area contributed by atoms with Gasteiger partial charge in [-0.2, -0.15) is 13.2 Å². The van der Waals surface area contributed by atoms with Crippen LogP contribution in [0.2, 0.25) is 5.02 Å². The van der Waals surface area contributed by atoms with Gasteiger partial charge >= 0.3 is 6.18 Å². The van der Waals surface area contributed by atoms with Crippen molar-refractivity contribution in [3.8, 4) is 5.75 Å². The number of benzene rings is 1. The van der Waals surface area contributed by atoms with Crippen LogP contribution in [0.25, 0.3) is 0 Å². The number of carbonyl (C=O) groups is 1. The number of rotatable bonds is 3. The van der Waals surface area contributed by atoms with E-state index >= 15 is 0 Å². The van der Waals surface area contributed by atoms with Crippen LogP contribution >= 0.6 is 11.6 Å². The molecule has 0 N–H and O–H groups in total. The van der Waals surface area contributed by atoms with Gasteiger partial charge in [0.2, 0.25) is 0 Å². The molecule has 0 heterocycles. The molecule has 0 aliphatic rings. The molecule has 0 aliphatic heterocycles. The number of hydrogen-bond acceptors (Lipinski definition) is 2. The highest BCUT2D eigenvalue weighted by atomic mass is 35.5. The fraction of sp³-hybridized carbons (Fsp3) is 0.417. The van der Waals surface area contributed by atoms with Gasteiger partial charge < -0.3 is 4.74 Å². The smallest absolute Gasteiger partial charge is 0.455 e. The first-order valence-electron chi connectivity index (χ1n) is 5.22. The monoisotopic (exact) mass is 280 g/mol. The zero-order valence-electron chi connectivity index (χ0n) is 10.1. The molecule has 2 nitrogen and oxygen atoms in total. The van der Waals surface area contributed by atoms with Gasteiger partial charge in [0.25, 0.3) is 5.78 Å². The Labute approximate surface area is 108 Å². The van der Waals surface area contributed by atoms with Crippen molar-refractivity contribution in [1.29, 1.82) is 0 Å². The summed E-state index contributed by atoms with van der Waals surface area (Å²) in [6.45, 7) is 4.90. The van der Waals surface area contributed by atoms with Gasteiger partial charge in [-0.1, -0.05) is 17.7 Å². The van der Waals surface area contributed by atoms with Crippen molar-refractivity contribution >= 4 is 17.4 Å². The minimum absolute atomic E-state index is 0.0267. The molecule has 0 bridgehead atoms. The van der Waals surface area contributed by atoms with Crippen LogP contribution in [0.1, 0.15) is 29.8 Å². The van der Waals surface area contributed by atoms with E-state index in [1.54, 1.807) is 20.8 Å². The van der Waals surface area contributed by atoms with Gasteiger partial charge in [0.05, 0.1) is 16.7 Å². The third-order valence-electron chi connectivity index (χ3n) is 2.15. The third-order valence-corrected chi connectivity index (χ3v) is 2.62. The predicted molar refractivity (Wildman–Crippen MR) is 62.3 cm³/mol. The largest absolute Gasteiger partial charge is 0.489 e. The molecule has 0 saturated carbocycles. The molecular weight excluding hydrogens is 269 g/mol. The van der Waals surface area contributed by atoms with Crippen LogP contribution in [-0.2, 0) is 0 Å². The summed E-state index contributed by atoms with van der Waals surface area (Å²) in [6.07, 6.45) is -5.34. The van der Waals surface area contributed by atoms with Gasteiger partial charge in [0, 0.05) is 0 Å². The summed E-state index contributed by atoms with van der Waals surface area (Å²) in [5.41, 5.74) is -0.0159. The lowest BCUT2D eigenvalue weighted by Gasteiger charge is -2.17. The van der Waals surface area contributed by atoms with Crippen LogP contribution in [0.4, 0.5) is 13.2 Å². The Morgan fingerprint density at radius 3 is 2.33 bits per heavy atom. The van der Waals surface area contributed by atoms with Gasteiger partial charge in [-0.05, 0) is 32.4 Å². The van der Waals surface area contributed by atoms with Crippen molar-refractivity contribution in [3.05, 3.63) is 28.3 Å². The van der Waals surface area contributed by atoms with Crippen LogP contribution in [0.5, 0.6) is 5.75 Å². The molecule has 0 aromatic heterocycles. The molecule has 0 saturated heterocycles. The van der Waals surface area contributed by atoms with Crippen LogP contribution in [0.3, 0.4) is 0 Å². The number of aryl methyl sites for hydroxylation is 1. The lowest BCUT2D eigenvalue weighted by molar-refractivity contribution is -0.0887. The summed E-state index contributed by atoms with van der Waals surface area (Å²) in [5, 5.41) is 0.0267. The minimum atomic E-state index is -4.95. The highest BCUT2D eigenvalue weighted by Gasteiger charge is 2.41. The Morgan fingerprint density at radius 1 is 1.33 bits per heavy atom. The first-order valence-corrected chi connectivity index (χ1v) is 5.59. The number of ether oxygens (including phenoxy) is 1. The second-order valence-corrected chi connectivity index (χ2v) is 4.44. The average molecular weight is 281 g/mol. The molecule has 1 rings (SSSR count). The lowest BCUT2D eigenvalue weighted by Crippen LogP contribution is -2.24. The van der Waals surface area contributed by atoms with Gasteiger partial charge in [0.1, 0.15) is 5.75 Å². The van der Waals surface area contributed by atoms with E-state index in [2.05, 4.69) is 0 Å². The van der Waals surface area contributed by atoms with Gasteiger partial charge in [-0.25, -0.2) is 0 Å². The van der Waals surface area contributed by atoms with Crippen molar-refractivity contribution in [1.82, 2.24) is 0 Å². The maximum absolute atomic E-state index is 12.4. The molecular formula is C12H12ClF3O2. The summed E-state index contributed by atoms with van der Waals surface area (Å²) in [7, 11) is 0. The maximum atomic E-state index is 12.4. The predicted octanol–water partition coefficient (Wildman–Crippen LogP) is 4.18. The van der Waals surface area contributed by atoms with Crippen LogP contribution < -0.4 is 4.74 Å². The second-order valence-electron chi connectivity index (χ2n) is 4.07. The minimum Gasteiger partial charge on any atom is -0.489 e. The number of ketones is 1. The fourth-order valence-electron chi connectivity index (χ4n) is 1.34. The van der Waals surface area contributed by atoms with Crippen molar-refractivity contribution in [2.45, 2.75) is 33.1 Å². The first kappa shape index (κ1) is 14.8. The maximum Gasteiger partial charge on any atom is 0.455 e. The van der Waals surface area contributed by atoms with E-state index in [4.69, 9.17) is 16.3 Å². The zero-order chi connectivity index (χ0) is 14.1. The SMILES string of the molecule is Cc1ccc(C(=O)C(F)(F)F)c(OC(C)C)c1Cl. The van der Waals surface area contributed by atoms with E-state index in [1.807, 2.05) is 0 Å². The van der Waals surface area contributed by atoms with E-state index in [1.165, 1.54) is 6.07 Å². The first-order chi connectivity index (χ1) is 8.14. The van der Waals surface area contributed by atoms with Crippen LogP contribution in [0.15, 0.2) is 12.1 Å². The second kappa shape index (κ2) is 5.18. The molecule has 0 atom stereocenters. The number of carbonyl (C=O) groups excluding carboxylic acids is 1.